The van der Waals surface area contributed by atoms with Crippen molar-refractivity contribution in [1.82, 2.24) is 39.9 Å². The van der Waals surface area contributed by atoms with E-state index < -0.39 is 35.4 Å². The van der Waals surface area contributed by atoms with Gasteiger partial charge in [0.15, 0.2) is 0 Å². The molecule has 2 fully saturated rings. The van der Waals surface area contributed by atoms with Gasteiger partial charge in [-0.3, -0.25) is 34.0 Å². The summed E-state index contributed by atoms with van der Waals surface area (Å²) in [6.45, 7) is 17.8. The molecule has 418 valence electrons. The Hall–Kier alpha value is -6.04. The smallest absolute Gasteiger partial charge is 0.259 e. The SMILES string of the molecule is COc1cc(-c2cn(C)c(=O)c3cnccc23)cc(OC)c1CN1CCN(CCOCCOCCOCCOCCOc2cc(-c3scnc3C)ccc2CNC(=O)[C@@H]2C[C@@H](O)CN2C(=O)[C@@H](NC(C)=O)C(C)(C)C)CC1. The highest BCUT2D eigenvalue weighted by Gasteiger charge is 2.44. The minimum Gasteiger partial charge on any atom is -0.496 e. The molecular weight excluding hydrogens is 1010 g/mol. The van der Waals surface area contributed by atoms with E-state index in [0.29, 0.717) is 70.5 Å². The first-order valence-electron chi connectivity index (χ1n) is 26.2. The van der Waals surface area contributed by atoms with E-state index in [1.807, 2.05) is 70.3 Å². The highest BCUT2D eigenvalue weighted by Crippen LogP contribution is 2.38. The summed E-state index contributed by atoms with van der Waals surface area (Å²) in [6.07, 6.45) is 4.36. The standard InChI is InChI=1S/C56H76N8O12S/c1-37-51(77-36-59-37)39-9-10-40(31-58-53(67)47-30-42(66)33-64(47)55(69)52(56(3,4)5)60-38(2)65)48(27-39)76-26-25-75-24-23-74-22-21-73-20-19-72-18-17-62-13-15-63(16-14-62)35-46-49(70-7)28-41(29-50(46)71-8)45-34-61(6)54(68)44-32-57-12-11-43(44)45/h9-12,27-29,32,34,36,42,47,52,66H,13-26,30-31,33,35H2,1-8H3,(H,58,67)(H,60,65)/t42-,47+,52-/m1/s1. The highest BCUT2D eigenvalue weighted by molar-refractivity contribution is 7.13. The van der Waals surface area contributed by atoms with Crippen LogP contribution in [-0.2, 0) is 53.5 Å². The third-order valence-electron chi connectivity index (χ3n) is 13.8. The van der Waals surface area contributed by atoms with Crippen LogP contribution in [0, 0.1) is 12.3 Å². The van der Waals surface area contributed by atoms with Crippen molar-refractivity contribution < 1.29 is 52.6 Å². The quantitative estimate of drug-likeness (QED) is 0.0620. The van der Waals surface area contributed by atoms with Gasteiger partial charge in [0.25, 0.3) is 5.56 Å². The first-order valence-corrected chi connectivity index (χ1v) is 27.1. The number of aliphatic hydroxyl groups is 1. The van der Waals surface area contributed by atoms with Gasteiger partial charge in [0.2, 0.25) is 17.7 Å². The molecule has 3 aromatic heterocycles. The van der Waals surface area contributed by atoms with E-state index in [9.17, 15) is 24.3 Å². The fourth-order valence-corrected chi connectivity index (χ4v) is 10.4. The second-order valence-corrected chi connectivity index (χ2v) is 21.2. The Bertz CT molecular complexity index is 2800. The fourth-order valence-electron chi connectivity index (χ4n) is 9.58. The summed E-state index contributed by atoms with van der Waals surface area (Å²) in [5.41, 5.74) is 6.40. The number of hydrogen-bond donors (Lipinski definition) is 3. The van der Waals surface area contributed by atoms with Crippen molar-refractivity contribution >= 4 is 39.8 Å². The summed E-state index contributed by atoms with van der Waals surface area (Å²) < 4.78 is 42.8. The van der Waals surface area contributed by atoms with Crippen LogP contribution in [0.25, 0.3) is 32.3 Å². The van der Waals surface area contributed by atoms with Gasteiger partial charge in [0, 0.05) is 102 Å². The number of likely N-dealkylation sites (tertiary alicyclic amines) is 1. The van der Waals surface area contributed by atoms with E-state index in [2.05, 4.69) is 30.4 Å². The number of carbonyl (C=O) groups excluding carboxylic acids is 3. The molecule has 20 nitrogen and oxygen atoms in total. The Labute approximate surface area is 454 Å². The summed E-state index contributed by atoms with van der Waals surface area (Å²) in [7, 11) is 5.09. The molecule has 3 amide bonds. The van der Waals surface area contributed by atoms with Gasteiger partial charge in [-0.25, -0.2) is 4.98 Å². The number of thiazole rings is 1. The van der Waals surface area contributed by atoms with E-state index in [1.54, 1.807) is 43.7 Å². The molecule has 3 N–H and O–H groups in total. The van der Waals surface area contributed by atoms with E-state index in [4.69, 9.17) is 33.2 Å². The molecule has 0 saturated carbocycles. The van der Waals surface area contributed by atoms with Crippen LogP contribution in [0.5, 0.6) is 17.2 Å². The minimum atomic E-state index is -0.906. The zero-order chi connectivity index (χ0) is 55.1. The lowest BCUT2D eigenvalue weighted by Gasteiger charge is -2.35. The second kappa shape index (κ2) is 28.0. The molecule has 0 spiro atoms. The van der Waals surface area contributed by atoms with Gasteiger partial charge in [-0.05, 0) is 53.1 Å². The molecule has 5 heterocycles. The molecule has 0 unspecified atom stereocenters. The van der Waals surface area contributed by atoms with Crippen LogP contribution in [-0.4, -0.2) is 183 Å². The van der Waals surface area contributed by atoms with Gasteiger partial charge >= 0.3 is 0 Å². The number of aliphatic hydroxyl groups excluding tert-OH is 1. The number of nitrogens with zero attached hydrogens (tertiary/aromatic N) is 6. The van der Waals surface area contributed by atoms with E-state index in [-0.39, 0.29) is 37.6 Å². The van der Waals surface area contributed by atoms with Gasteiger partial charge in [0.05, 0.1) is 100 Å². The van der Waals surface area contributed by atoms with Crippen molar-refractivity contribution in [2.45, 2.75) is 72.3 Å². The maximum Gasteiger partial charge on any atom is 0.259 e. The number of ether oxygens (including phenoxy) is 7. The molecule has 0 radical (unpaired) electrons. The number of piperazine rings is 1. The van der Waals surface area contributed by atoms with Crippen molar-refractivity contribution in [1.29, 1.82) is 0 Å². The van der Waals surface area contributed by atoms with Crippen LogP contribution in [0.15, 0.2) is 65.3 Å². The maximum atomic E-state index is 13.7. The van der Waals surface area contributed by atoms with Gasteiger partial charge in [-0.2, -0.15) is 0 Å². The lowest BCUT2D eigenvalue weighted by Crippen LogP contribution is -2.57. The van der Waals surface area contributed by atoms with Gasteiger partial charge < -0.3 is 58.4 Å². The number of pyridine rings is 2. The van der Waals surface area contributed by atoms with Gasteiger partial charge in [0.1, 0.15) is 35.9 Å². The zero-order valence-corrected chi connectivity index (χ0v) is 46.6. The normalized spacial score (nSPS) is 16.7. The summed E-state index contributed by atoms with van der Waals surface area (Å²) >= 11 is 1.53. The van der Waals surface area contributed by atoms with Crippen molar-refractivity contribution in [3.8, 4) is 38.8 Å². The van der Waals surface area contributed by atoms with Crippen LogP contribution in [0.1, 0.15) is 50.9 Å². The Kier molecular flexibility index (Phi) is 21.3. The van der Waals surface area contributed by atoms with Gasteiger partial charge in [-0.1, -0.05) is 32.9 Å². The average molecular weight is 1090 g/mol. The first-order chi connectivity index (χ1) is 37.1. The molecule has 7 rings (SSSR count). The number of aromatic nitrogens is 3. The predicted molar refractivity (Wildman–Crippen MR) is 293 cm³/mol. The molecule has 3 atom stereocenters. The third kappa shape index (κ3) is 15.8. The highest BCUT2D eigenvalue weighted by atomic mass is 32.1. The average Bonchev–Trinajstić information content (AvgIpc) is 4.04. The number of carbonyl (C=O) groups is 3. The van der Waals surface area contributed by atoms with Crippen LogP contribution < -0.4 is 30.4 Å². The van der Waals surface area contributed by atoms with Crippen molar-refractivity contribution in [2.24, 2.45) is 12.5 Å². The number of aryl methyl sites for hydroxylation is 2. The Balaban J connectivity index is 0.757. The Morgan fingerprint density at radius 3 is 2.06 bits per heavy atom. The summed E-state index contributed by atoms with van der Waals surface area (Å²) in [4.78, 5) is 67.9. The van der Waals surface area contributed by atoms with Crippen molar-refractivity contribution in [3.05, 3.63) is 87.7 Å². The Morgan fingerprint density at radius 1 is 0.831 bits per heavy atom. The number of nitrogens with one attached hydrogen (secondary N) is 2. The van der Waals surface area contributed by atoms with E-state index >= 15 is 0 Å². The summed E-state index contributed by atoms with van der Waals surface area (Å²) in [6, 6.07) is 9.90. The number of β-amino-alcohol motifs (C(OH)–C–C–N with tert-alkyl or cyclic N) is 1. The first kappa shape index (κ1) is 58.6. The minimum absolute atomic E-state index is 0.00802. The topological polar surface area (TPSA) is 218 Å². The predicted octanol–water partition coefficient (Wildman–Crippen LogP) is 4.44. The molecule has 2 aromatic carbocycles. The van der Waals surface area contributed by atoms with E-state index in [0.717, 1.165) is 88.0 Å². The maximum absolute atomic E-state index is 13.7. The monoisotopic (exact) mass is 1080 g/mol. The van der Waals surface area contributed by atoms with E-state index in [1.165, 1.54) is 23.2 Å². The number of benzene rings is 2. The summed E-state index contributed by atoms with van der Waals surface area (Å²) in [5, 5.41) is 17.6. The largest absolute Gasteiger partial charge is 0.496 e. The van der Waals surface area contributed by atoms with Gasteiger partial charge in [-0.15, -0.1) is 11.3 Å². The number of amides is 3. The molecule has 2 saturated heterocycles. The number of methoxy groups -OCH3 is 2. The second-order valence-electron chi connectivity index (χ2n) is 20.4. The molecule has 21 heteroatoms. The summed E-state index contributed by atoms with van der Waals surface area (Å²) in [5.74, 6) is 0.861. The number of hydrogen-bond acceptors (Lipinski definition) is 17. The molecule has 0 aliphatic carbocycles. The van der Waals surface area contributed by atoms with Crippen LogP contribution in [0.3, 0.4) is 0 Å². The zero-order valence-electron chi connectivity index (χ0n) is 45.8. The van der Waals surface area contributed by atoms with Crippen LogP contribution in [0.4, 0.5) is 0 Å². The lowest BCUT2D eigenvalue weighted by molar-refractivity contribution is -0.143. The molecule has 2 aliphatic heterocycles. The molecule has 77 heavy (non-hydrogen) atoms. The van der Waals surface area contributed by atoms with Crippen LogP contribution in [0.2, 0.25) is 0 Å². The van der Waals surface area contributed by atoms with Crippen LogP contribution >= 0.6 is 11.3 Å². The molecule has 2 aliphatic rings. The van der Waals surface area contributed by atoms with Crippen molar-refractivity contribution in [2.75, 3.05) is 113 Å². The Morgan fingerprint density at radius 2 is 1.45 bits per heavy atom. The molecule has 0 bridgehead atoms. The third-order valence-corrected chi connectivity index (χ3v) is 14.7. The lowest BCUT2D eigenvalue weighted by atomic mass is 9.85. The number of fused-ring (bicyclic) bond motifs is 1. The van der Waals surface area contributed by atoms with Crippen molar-refractivity contribution in [3.63, 3.8) is 0 Å². The fraction of sp³-hybridized carbons (Fsp3) is 0.536. The molecular formula is C56H76N8O12S. The number of rotatable bonds is 27. The molecule has 5 aromatic rings.